The van der Waals surface area contributed by atoms with Gasteiger partial charge in [-0.3, -0.25) is 0 Å². The van der Waals surface area contributed by atoms with Crippen molar-refractivity contribution in [2.75, 3.05) is 0 Å². The summed E-state index contributed by atoms with van der Waals surface area (Å²) in [4.78, 5) is 0. The van der Waals surface area contributed by atoms with Gasteiger partial charge in [0.15, 0.2) is 0 Å². The third-order valence-corrected chi connectivity index (χ3v) is 0.354. The molecule has 0 saturated heterocycles. The summed E-state index contributed by atoms with van der Waals surface area (Å²) in [5.41, 5.74) is 0. The Bertz CT molecular complexity index is 33.0. The molecule has 0 aliphatic heterocycles. The van der Waals surface area contributed by atoms with Gasteiger partial charge >= 0.3 is 33.9 Å². The van der Waals surface area contributed by atoms with E-state index >= 15 is 0 Å². The van der Waals surface area contributed by atoms with Gasteiger partial charge in [-0.05, 0) is 0 Å². The molecule has 0 aromatic heterocycles. The molecule has 0 radical (unpaired) electrons. The van der Waals surface area contributed by atoms with Crippen LogP contribution in [0.2, 0.25) is 5.28 Å². The van der Waals surface area contributed by atoms with E-state index in [4.69, 9.17) is 6.42 Å². The Hall–Kier alpha value is 0.0925. The Morgan fingerprint density at radius 1 is 2.00 bits per heavy atom. The summed E-state index contributed by atoms with van der Waals surface area (Å²) in [5, 5.41) is 0.764. The van der Waals surface area contributed by atoms with Gasteiger partial charge in [0, 0.05) is 0 Å². The van der Waals surface area contributed by atoms with Crippen molar-refractivity contribution < 1.29 is 0 Å². The molecule has 0 nitrogen and oxygen atoms in total. The molecule has 0 atom stereocenters. The SMILES string of the molecule is C#C[CH2][Al+2]. The van der Waals surface area contributed by atoms with Crippen molar-refractivity contribution in [2.24, 2.45) is 0 Å². The van der Waals surface area contributed by atoms with Gasteiger partial charge in [0.25, 0.3) is 0 Å². The third kappa shape index (κ3) is 2.09. The number of rotatable bonds is 0. The van der Waals surface area contributed by atoms with Gasteiger partial charge in [0.05, 0.1) is 0 Å². The molecule has 0 saturated carbocycles. The van der Waals surface area contributed by atoms with E-state index in [-0.39, 0.29) is 0 Å². The second kappa shape index (κ2) is 3.09. The van der Waals surface area contributed by atoms with Gasteiger partial charge in [-0.2, -0.15) is 0 Å². The number of hydrogen-bond acceptors (Lipinski definition) is 0. The molecule has 0 bridgehead atoms. The van der Waals surface area contributed by atoms with E-state index in [9.17, 15) is 0 Å². The quantitative estimate of drug-likeness (QED) is 0.280. The van der Waals surface area contributed by atoms with Crippen LogP contribution in [0.1, 0.15) is 0 Å². The first kappa shape index (κ1) is 4.09. The Balaban J connectivity index is 2.43. The van der Waals surface area contributed by atoms with E-state index in [1.165, 1.54) is 0 Å². The number of terminal acetylenes is 1. The third-order valence-electron chi connectivity index (χ3n) is 0.118. The fraction of sp³-hybridized carbons (Fsp3) is 0.333. The molecular formula is C3H3Al+2. The van der Waals surface area contributed by atoms with Crippen LogP contribution in [0.3, 0.4) is 0 Å². The van der Waals surface area contributed by atoms with Crippen LogP contribution in [0.4, 0.5) is 0 Å². The summed E-state index contributed by atoms with van der Waals surface area (Å²) in [5.74, 6) is 2.39. The zero-order valence-electron chi connectivity index (χ0n) is 2.36. The molecule has 16 valence electrons. The molecule has 4 heavy (non-hydrogen) atoms. The molecule has 0 heterocycles. The minimum absolute atomic E-state index is 0.764. The predicted molar refractivity (Wildman–Crippen MR) is 19.4 cm³/mol. The van der Waals surface area contributed by atoms with Crippen LogP contribution in [0.5, 0.6) is 0 Å². The molecule has 1 heteroatoms. The van der Waals surface area contributed by atoms with Crippen LogP contribution >= 0.6 is 0 Å². The van der Waals surface area contributed by atoms with Crippen LogP contribution in [-0.4, -0.2) is 16.3 Å². The normalized spacial score (nSPS) is 5.25. The van der Waals surface area contributed by atoms with Crippen LogP contribution < -0.4 is 0 Å². The monoisotopic (exact) mass is 66.0 g/mol. The standard InChI is InChI=1S/C3H3.Al/c1-3-2;/h1H,2H2;/q;+2. The molecule has 0 fully saturated rings. The Morgan fingerprint density at radius 2 is 2.25 bits per heavy atom. The van der Waals surface area contributed by atoms with Gasteiger partial charge < -0.3 is 0 Å². The summed E-state index contributed by atoms with van der Waals surface area (Å²) in [6.45, 7) is 0. The van der Waals surface area contributed by atoms with Crippen LogP contribution in [-0.2, 0) is 0 Å². The average molecular weight is 66.0 g/mol. The average Bonchev–Trinajstić information content (AvgIpc) is 1.37. The van der Waals surface area contributed by atoms with Crippen LogP contribution in [0.15, 0.2) is 0 Å². The minimum atomic E-state index is 0.764. The van der Waals surface area contributed by atoms with Crippen molar-refractivity contribution in [3.63, 3.8) is 0 Å². The second-order valence-corrected chi connectivity index (χ2v) is 0.816. The zero-order valence-corrected chi connectivity index (χ0v) is 3.52. The van der Waals surface area contributed by atoms with Crippen LogP contribution in [0, 0.1) is 12.3 Å². The van der Waals surface area contributed by atoms with Gasteiger partial charge in [0.1, 0.15) is 0 Å². The molecule has 0 spiro atoms. The first-order chi connectivity index (χ1) is 1.91. The van der Waals surface area contributed by atoms with E-state index in [1.54, 1.807) is 0 Å². The van der Waals surface area contributed by atoms with Crippen molar-refractivity contribution in [3.05, 3.63) is 0 Å². The van der Waals surface area contributed by atoms with Crippen molar-refractivity contribution >= 4 is 16.3 Å². The molecule has 0 N–H and O–H groups in total. The van der Waals surface area contributed by atoms with E-state index in [1.807, 2.05) is 0 Å². The summed E-state index contributed by atoms with van der Waals surface area (Å²) in [7, 11) is 0. The van der Waals surface area contributed by atoms with Crippen LogP contribution in [0.25, 0.3) is 0 Å². The molecular weight excluding hydrogens is 63.0 g/mol. The van der Waals surface area contributed by atoms with Gasteiger partial charge in [-0.25, -0.2) is 0 Å². The topological polar surface area (TPSA) is 0 Å². The fourth-order valence-electron chi connectivity index (χ4n) is 0. The number of hydrogen-bond donors (Lipinski definition) is 0. The van der Waals surface area contributed by atoms with E-state index in [0.29, 0.717) is 0 Å². The Kier molecular flexibility index (Phi) is 3.16. The molecule has 0 aliphatic rings. The summed E-state index contributed by atoms with van der Waals surface area (Å²) in [6, 6.07) is 0. The zero-order chi connectivity index (χ0) is 3.41. The van der Waals surface area contributed by atoms with E-state index < -0.39 is 0 Å². The first-order valence-corrected chi connectivity index (χ1v) is 1.87. The predicted octanol–water partition coefficient (Wildman–Crippen LogP) is 0.206. The van der Waals surface area contributed by atoms with E-state index in [0.717, 1.165) is 5.28 Å². The molecule has 0 aliphatic carbocycles. The second-order valence-electron chi connectivity index (χ2n) is 0.408. The van der Waals surface area contributed by atoms with Crippen molar-refractivity contribution in [2.45, 2.75) is 5.28 Å². The van der Waals surface area contributed by atoms with Crippen molar-refractivity contribution in [1.82, 2.24) is 0 Å². The molecule has 0 amide bonds. The van der Waals surface area contributed by atoms with Gasteiger partial charge in [0.2, 0.25) is 0 Å². The maximum atomic E-state index is 4.76. The van der Waals surface area contributed by atoms with Crippen molar-refractivity contribution in [1.29, 1.82) is 0 Å². The van der Waals surface area contributed by atoms with E-state index in [2.05, 4.69) is 22.2 Å². The first-order valence-electron chi connectivity index (χ1n) is 1.05. The van der Waals surface area contributed by atoms with Crippen molar-refractivity contribution in [3.8, 4) is 12.3 Å². The molecule has 0 aromatic carbocycles. The van der Waals surface area contributed by atoms with Gasteiger partial charge in [-0.15, -0.1) is 0 Å². The Morgan fingerprint density at radius 3 is 2.25 bits per heavy atom. The van der Waals surface area contributed by atoms with Gasteiger partial charge in [-0.1, -0.05) is 0 Å². The maximum absolute atomic E-state index is 4.76. The summed E-state index contributed by atoms with van der Waals surface area (Å²) in [6.07, 6.45) is 4.76. The molecule has 0 unspecified atom stereocenters. The summed E-state index contributed by atoms with van der Waals surface area (Å²) < 4.78 is 0. The fourth-order valence-corrected chi connectivity index (χ4v) is 0. The Labute approximate surface area is 34.6 Å². The molecule has 0 rings (SSSR count). The molecule has 0 aromatic rings. The summed E-state index contributed by atoms with van der Waals surface area (Å²) >= 11 is 2.42.